The summed E-state index contributed by atoms with van der Waals surface area (Å²) in [5.74, 6) is 2.52. The van der Waals surface area contributed by atoms with Crippen LogP contribution in [0.25, 0.3) is 6.08 Å². The van der Waals surface area contributed by atoms with Crippen LogP contribution in [0, 0.1) is 12.3 Å². The topological polar surface area (TPSA) is 84.9 Å². The number of carbonyl (C=O) groups is 3. The fourth-order valence-corrected chi connectivity index (χ4v) is 3.21. The molecule has 148 valence electrons. The van der Waals surface area contributed by atoms with Crippen molar-refractivity contribution in [3.63, 3.8) is 0 Å². The molecule has 1 saturated heterocycles. The van der Waals surface area contributed by atoms with Gasteiger partial charge in [-0.15, -0.1) is 6.42 Å². The van der Waals surface area contributed by atoms with Gasteiger partial charge in [0.15, 0.2) is 11.5 Å². The van der Waals surface area contributed by atoms with E-state index in [1.54, 1.807) is 24.3 Å². The van der Waals surface area contributed by atoms with E-state index in [1.807, 2.05) is 13.8 Å². The highest BCUT2D eigenvalue weighted by atomic mass is 32.2. The van der Waals surface area contributed by atoms with E-state index >= 15 is 0 Å². The van der Waals surface area contributed by atoms with Gasteiger partial charge in [-0.05, 0) is 48.9 Å². The van der Waals surface area contributed by atoms with Crippen LogP contribution in [0.3, 0.4) is 0 Å². The van der Waals surface area contributed by atoms with E-state index in [0.717, 1.165) is 23.1 Å². The highest BCUT2D eigenvalue weighted by Gasteiger charge is 2.36. The van der Waals surface area contributed by atoms with Gasteiger partial charge in [-0.3, -0.25) is 19.3 Å². The number of benzene rings is 1. The van der Waals surface area contributed by atoms with Crippen molar-refractivity contribution >= 4 is 34.9 Å². The number of carbonyl (C=O) groups excluding carboxylic acids is 3. The zero-order valence-corrected chi connectivity index (χ0v) is 16.6. The molecule has 0 aliphatic carbocycles. The maximum atomic E-state index is 12.5. The van der Waals surface area contributed by atoms with Crippen LogP contribution >= 0.6 is 11.8 Å². The molecule has 0 bridgehead atoms. The Morgan fingerprint density at radius 1 is 1.29 bits per heavy atom. The van der Waals surface area contributed by atoms with Crippen LogP contribution in [0.4, 0.5) is 4.79 Å². The number of nitrogens with zero attached hydrogens (tertiary/aromatic N) is 1. The Hall–Kier alpha value is -2.92. The Morgan fingerprint density at radius 3 is 2.75 bits per heavy atom. The Morgan fingerprint density at radius 2 is 2.07 bits per heavy atom. The number of rotatable bonds is 9. The summed E-state index contributed by atoms with van der Waals surface area (Å²) in [7, 11) is 0. The molecule has 0 unspecified atom stereocenters. The monoisotopic (exact) mass is 402 g/mol. The van der Waals surface area contributed by atoms with Crippen molar-refractivity contribution in [2.75, 3.05) is 26.3 Å². The Balaban J connectivity index is 2.17. The van der Waals surface area contributed by atoms with Crippen molar-refractivity contribution < 1.29 is 23.9 Å². The maximum absolute atomic E-state index is 12.5. The second-order valence-corrected chi connectivity index (χ2v) is 6.74. The van der Waals surface area contributed by atoms with Crippen LogP contribution in [-0.2, 0) is 9.59 Å². The van der Waals surface area contributed by atoms with Crippen LogP contribution < -0.4 is 14.8 Å². The van der Waals surface area contributed by atoms with E-state index in [-0.39, 0.29) is 24.0 Å². The van der Waals surface area contributed by atoms with E-state index in [2.05, 4.69) is 11.2 Å². The first kappa shape index (κ1) is 21.4. The number of ether oxygens (including phenoxy) is 2. The molecule has 1 aromatic carbocycles. The predicted octanol–water partition coefficient (Wildman–Crippen LogP) is 2.66. The highest BCUT2D eigenvalue weighted by molar-refractivity contribution is 8.18. The first-order valence-corrected chi connectivity index (χ1v) is 9.67. The standard InChI is InChI=1S/C20H22N2O5S/c1-4-9-21-18(23)13-22-19(24)17(28-20(22)25)12-14-7-8-15(27-10-5-2)16(11-14)26-6-3/h2,7-8,11-12H,4,6,9-10,13H2,1,3H3,(H,21,23)/b17-12-. The van der Waals surface area contributed by atoms with Crippen LogP contribution in [0.15, 0.2) is 23.1 Å². The minimum Gasteiger partial charge on any atom is -0.490 e. The van der Waals surface area contributed by atoms with E-state index in [0.29, 0.717) is 30.2 Å². The molecule has 1 heterocycles. The molecular formula is C20H22N2O5S. The molecule has 0 atom stereocenters. The molecule has 0 saturated carbocycles. The van der Waals surface area contributed by atoms with E-state index < -0.39 is 11.1 Å². The number of terminal acetylenes is 1. The van der Waals surface area contributed by atoms with Crippen molar-refractivity contribution in [1.82, 2.24) is 10.2 Å². The molecule has 1 aromatic rings. The van der Waals surface area contributed by atoms with Crippen molar-refractivity contribution in [2.45, 2.75) is 20.3 Å². The summed E-state index contributed by atoms with van der Waals surface area (Å²) in [6.07, 6.45) is 7.57. The minimum absolute atomic E-state index is 0.110. The quantitative estimate of drug-likeness (QED) is 0.505. The molecule has 8 heteroatoms. The maximum Gasteiger partial charge on any atom is 0.294 e. The van der Waals surface area contributed by atoms with Crippen molar-refractivity contribution in [2.24, 2.45) is 0 Å². The molecule has 7 nitrogen and oxygen atoms in total. The number of nitrogens with one attached hydrogen (secondary N) is 1. The third-order valence-electron chi connectivity index (χ3n) is 3.62. The van der Waals surface area contributed by atoms with Crippen LogP contribution in [0.5, 0.6) is 11.5 Å². The van der Waals surface area contributed by atoms with Gasteiger partial charge in [-0.2, -0.15) is 0 Å². The van der Waals surface area contributed by atoms with Crippen LogP contribution in [0.2, 0.25) is 0 Å². The lowest BCUT2D eigenvalue weighted by Gasteiger charge is -2.12. The zero-order valence-electron chi connectivity index (χ0n) is 15.8. The molecule has 1 aliphatic rings. The molecule has 1 N–H and O–H groups in total. The summed E-state index contributed by atoms with van der Waals surface area (Å²) >= 11 is 0.800. The minimum atomic E-state index is -0.493. The summed E-state index contributed by atoms with van der Waals surface area (Å²) in [6, 6.07) is 5.13. The zero-order chi connectivity index (χ0) is 20.5. The van der Waals surface area contributed by atoms with Crippen molar-refractivity contribution in [3.05, 3.63) is 28.7 Å². The fourth-order valence-electron chi connectivity index (χ4n) is 2.37. The number of amides is 3. The van der Waals surface area contributed by atoms with Gasteiger partial charge in [0.25, 0.3) is 11.1 Å². The third kappa shape index (κ3) is 5.54. The predicted molar refractivity (Wildman–Crippen MR) is 108 cm³/mol. The normalized spacial score (nSPS) is 14.9. The van der Waals surface area contributed by atoms with Crippen LogP contribution in [0.1, 0.15) is 25.8 Å². The van der Waals surface area contributed by atoms with Gasteiger partial charge < -0.3 is 14.8 Å². The smallest absolute Gasteiger partial charge is 0.294 e. The van der Waals surface area contributed by atoms with Gasteiger partial charge in [0.05, 0.1) is 11.5 Å². The van der Waals surface area contributed by atoms with Gasteiger partial charge in [0, 0.05) is 6.54 Å². The number of imide groups is 1. The second-order valence-electron chi connectivity index (χ2n) is 5.75. The Kier molecular flexibility index (Phi) is 7.96. The number of hydrogen-bond acceptors (Lipinski definition) is 6. The first-order valence-electron chi connectivity index (χ1n) is 8.85. The SMILES string of the molecule is C#CCOc1ccc(/C=C2\SC(=O)N(CC(=O)NCCC)C2=O)cc1OCC. The molecule has 1 fully saturated rings. The Labute approximate surface area is 168 Å². The van der Waals surface area contributed by atoms with Crippen molar-refractivity contribution in [3.8, 4) is 23.8 Å². The number of thioether (sulfide) groups is 1. The summed E-state index contributed by atoms with van der Waals surface area (Å²) < 4.78 is 11.0. The largest absolute Gasteiger partial charge is 0.490 e. The molecule has 3 amide bonds. The van der Waals surface area contributed by atoms with Gasteiger partial charge in [-0.25, -0.2) is 0 Å². The number of hydrogen-bond donors (Lipinski definition) is 1. The lowest BCUT2D eigenvalue weighted by atomic mass is 10.2. The lowest BCUT2D eigenvalue weighted by Crippen LogP contribution is -2.39. The summed E-state index contributed by atoms with van der Waals surface area (Å²) in [5, 5.41) is 2.18. The first-order chi connectivity index (χ1) is 13.5. The molecule has 0 aromatic heterocycles. The molecule has 0 radical (unpaired) electrons. The average Bonchev–Trinajstić information content (AvgIpc) is 2.93. The van der Waals surface area contributed by atoms with E-state index in [9.17, 15) is 14.4 Å². The molecular weight excluding hydrogens is 380 g/mol. The van der Waals surface area contributed by atoms with Gasteiger partial charge >= 0.3 is 0 Å². The van der Waals surface area contributed by atoms with Gasteiger partial charge in [0.1, 0.15) is 13.2 Å². The van der Waals surface area contributed by atoms with Crippen molar-refractivity contribution in [1.29, 1.82) is 0 Å². The molecule has 1 aliphatic heterocycles. The van der Waals surface area contributed by atoms with E-state index in [4.69, 9.17) is 15.9 Å². The average molecular weight is 402 g/mol. The molecule has 0 spiro atoms. The molecule has 28 heavy (non-hydrogen) atoms. The second kappa shape index (κ2) is 10.4. The summed E-state index contributed by atoms with van der Waals surface area (Å²) in [4.78, 5) is 37.6. The van der Waals surface area contributed by atoms with Gasteiger partial charge in [0.2, 0.25) is 5.91 Å². The summed E-state index contributed by atoms with van der Waals surface area (Å²) in [6.45, 7) is 4.51. The Bertz CT molecular complexity index is 828. The van der Waals surface area contributed by atoms with Crippen LogP contribution in [-0.4, -0.2) is 48.3 Å². The third-order valence-corrected chi connectivity index (χ3v) is 4.53. The highest BCUT2D eigenvalue weighted by Crippen LogP contribution is 2.34. The lowest BCUT2D eigenvalue weighted by molar-refractivity contribution is -0.129. The van der Waals surface area contributed by atoms with Gasteiger partial charge in [-0.1, -0.05) is 18.9 Å². The van der Waals surface area contributed by atoms with E-state index in [1.165, 1.54) is 0 Å². The molecule has 2 rings (SSSR count). The summed E-state index contributed by atoms with van der Waals surface area (Å²) in [5.41, 5.74) is 0.664. The fraction of sp³-hybridized carbons (Fsp3) is 0.350.